The molecule has 0 bridgehead atoms. The number of nitrogens with one attached hydrogen (secondary N) is 1. The molecule has 2 aliphatic rings. The highest BCUT2D eigenvalue weighted by atomic mass is 32.2. The van der Waals surface area contributed by atoms with E-state index in [1.165, 1.54) is 16.4 Å². The molecule has 2 aliphatic heterocycles. The molecule has 0 unspecified atom stereocenters. The zero-order valence-corrected chi connectivity index (χ0v) is 20.2. The zero-order chi connectivity index (χ0) is 24.3. The van der Waals surface area contributed by atoms with Crippen LogP contribution in [0.5, 0.6) is 11.5 Å². The predicted octanol–water partition coefficient (Wildman–Crippen LogP) is 1.73. The Morgan fingerprint density at radius 1 is 0.912 bits per heavy atom. The number of rotatable bonds is 5. The molecule has 1 N–H and O–H groups in total. The monoisotopic (exact) mass is 487 g/mol. The van der Waals surface area contributed by atoms with Crippen LogP contribution in [0.25, 0.3) is 0 Å². The number of piperazine rings is 1. The topological polar surface area (TPSA) is 105 Å². The fourth-order valence-electron chi connectivity index (χ4n) is 4.11. The van der Waals surface area contributed by atoms with Gasteiger partial charge in [-0.2, -0.15) is 4.31 Å². The third-order valence-electron chi connectivity index (χ3n) is 5.83. The van der Waals surface area contributed by atoms with Crippen molar-refractivity contribution < 1.29 is 27.5 Å². The molecular formula is C24H29N3O6S. The standard InChI is InChI=1S/C24H29N3O6S/c1-17-12-18(2)14-19(13-17)24(29)25-16-23(28)26-6-8-27(9-7-26)34(30,31)20-4-5-21-22(15-20)33-11-3-10-32-21/h4-5,12-15H,3,6-11,16H2,1-2H3,(H,25,29). The summed E-state index contributed by atoms with van der Waals surface area (Å²) in [6.07, 6.45) is 0.734. The molecule has 0 aromatic heterocycles. The van der Waals surface area contributed by atoms with Gasteiger partial charge in [0, 0.05) is 44.2 Å². The summed E-state index contributed by atoms with van der Waals surface area (Å²) in [6.45, 7) is 5.53. The average Bonchev–Trinajstić information content (AvgIpc) is 3.06. The third-order valence-corrected chi connectivity index (χ3v) is 7.73. The van der Waals surface area contributed by atoms with Crippen LogP contribution >= 0.6 is 0 Å². The van der Waals surface area contributed by atoms with Gasteiger partial charge in [-0.15, -0.1) is 0 Å². The molecular weight excluding hydrogens is 458 g/mol. The minimum atomic E-state index is -3.74. The highest BCUT2D eigenvalue weighted by Crippen LogP contribution is 2.33. The van der Waals surface area contributed by atoms with E-state index in [0.717, 1.165) is 17.5 Å². The van der Waals surface area contributed by atoms with E-state index in [4.69, 9.17) is 9.47 Å². The van der Waals surface area contributed by atoms with E-state index in [0.29, 0.717) is 30.3 Å². The van der Waals surface area contributed by atoms with E-state index >= 15 is 0 Å². The Morgan fingerprint density at radius 3 is 2.24 bits per heavy atom. The minimum Gasteiger partial charge on any atom is -0.490 e. The summed E-state index contributed by atoms with van der Waals surface area (Å²) in [6, 6.07) is 10.2. The van der Waals surface area contributed by atoms with Crippen molar-refractivity contribution in [3.63, 3.8) is 0 Å². The number of ether oxygens (including phenoxy) is 2. The minimum absolute atomic E-state index is 0.136. The SMILES string of the molecule is Cc1cc(C)cc(C(=O)NCC(=O)N2CCN(S(=O)(=O)c3ccc4c(c3)OCCCO4)CC2)c1. The second-order valence-electron chi connectivity index (χ2n) is 8.50. The van der Waals surface area contributed by atoms with E-state index in [1.54, 1.807) is 23.1 Å². The second kappa shape index (κ2) is 10.0. The third kappa shape index (κ3) is 5.34. The van der Waals surface area contributed by atoms with Crippen molar-refractivity contribution in [1.82, 2.24) is 14.5 Å². The van der Waals surface area contributed by atoms with Crippen LogP contribution in [0, 0.1) is 13.8 Å². The molecule has 182 valence electrons. The first-order valence-electron chi connectivity index (χ1n) is 11.3. The molecule has 0 aliphatic carbocycles. The first-order valence-corrected chi connectivity index (χ1v) is 12.7. The lowest BCUT2D eigenvalue weighted by Gasteiger charge is -2.34. The molecule has 4 rings (SSSR count). The number of carbonyl (C=O) groups is 2. The average molecular weight is 488 g/mol. The number of fused-ring (bicyclic) bond motifs is 1. The van der Waals surface area contributed by atoms with Crippen LogP contribution in [0.4, 0.5) is 0 Å². The molecule has 2 aromatic carbocycles. The number of aryl methyl sites for hydroxylation is 2. The molecule has 10 heteroatoms. The van der Waals surface area contributed by atoms with E-state index in [9.17, 15) is 18.0 Å². The van der Waals surface area contributed by atoms with E-state index in [2.05, 4.69) is 5.32 Å². The summed E-state index contributed by atoms with van der Waals surface area (Å²) < 4.78 is 38.8. The maximum Gasteiger partial charge on any atom is 0.251 e. The van der Waals surface area contributed by atoms with Crippen molar-refractivity contribution in [3.8, 4) is 11.5 Å². The maximum atomic E-state index is 13.1. The van der Waals surface area contributed by atoms with Gasteiger partial charge in [0.05, 0.1) is 24.7 Å². The molecule has 9 nitrogen and oxygen atoms in total. The van der Waals surface area contributed by atoms with Crippen molar-refractivity contribution in [2.24, 2.45) is 0 Å². The summed E-state index contributed by atoms with van der Waals surface area (Å²) in [7, 11) is -3.74. The van der Waals surface area contributed by atoms with Gasteiger partial charge in [0.2, 0.25) is 15.9 Å². The van der Waals surface area contributed by atoms with E-state index < -0.39 is 10.0 Å². The highest BCUT2D eigenvalue weighted by Gasteiger charge is 2.31. The van der Waals surface area contributed by atoms with Gasteiger partial charge < -0.3 is 19.7 Å². The van der Waals surface area contributed by atoms with Gasteiger partial charge in [0.25, 0.3) is 5.91 Å². The Hall–Kier alpha value is -3.11. The lowest BCUT2D eigenvalue weighted by molar-refractivity contribution is -0.131. The Balaban J connectivity index is 1.33. The number of amides is 2. The molecule has 0 atom stereocenters. The molecule has 2 amide bonds. The lowest BCUT2D eigenvalue weighted by atomic mass is 10.1. The first-order chi connectivity index (χ1) is 16.2. The number of hydrogen-bond donors (Lipinski definition) is 1. The van der Waals surface area contributed by atoms with Gasteiger partial charge in [-0.05, 0) is 38.1 Å². The molecule has 2 heterocycles. The number of hydrogen-bond acceptors (Lipinski definition) is 6. The van der Waals surface area contributed by atoms with Crippen LogP contribution in [-0.4, -0.2) is 75.4 Å². The molecule has 0 saturated carbocycles. The van der Waals surface area contributed by atoms with Gasteiger partial charge in [0.15, 0.2) is 11.5 Å². The van der Waals surface area contributed by atoms with Crippen molar-refractivity contribution in [1.29, 1.82) is 0 Å². The zero-order valence-electron chi connectivity index (χ0n) is 19.4. The normalized spacial score (nSPS) is 16.6. The molecule has 1 fully saturated rings. The summed E-state index contributed by atoms with van der Waals surface area (Å²) in [4.78, 5) is 26.7. The van der Waals surface area contributed by atoms with Crippen LogP contribution in [0.1, 0.15) is 27.9 Å². The van der Waals surface area contributed by atoms with Crippen LogP contribution in [0.15, 0.2) is 41.3 Å². The summed E-state index contributed by atoms with van der Waals surface area (Å²) >= 11 is 0. The quantitative estimate of drug-likeness (QED) is 0.689. The Labute approximate surface area is 199 Å². The Bertz CT molecular complexity index is 1170. The Morgan fingerprint density at radius 2 is 1.56 bits per heavy atom. The predicted molar refractivity (Wildman–Crippen MR) is 126 cm³/mol. The summed E-state index contributed by atoms with van der Waals surface area (Å²) in [5.41, 5.74) is 2.46. The number of carbonyl (C=O) groups excluding carboxylic acids is 2. The van der Waals surface area contributed by atoms with Gasteiger partial charge in [-0.3, -0.25) is 9.59 Å². The largest absolute Gasteiger partial charge is 0.490 e. The van der Waals surface area contributed by atoms with E-state index in [-0.39, 0.29) is 49.4 Å². The van der Waals surface area contributed by atoms with Gasteiger partial charge >= 0.3 is 0 Å². The van der Waals surface area contributed by atoms with Gasteiger partial charge in [-0.1, -0.05) is 17.2 Å². The summed E-state index contributed by atoms with van der Waals surface area (Å²) in [5.74, 6) is 0.405. The molecule has 2 aromatic rings. The number of benzene rings is 2. The fraction of sp³-hybridized carbons (Fsp3) is 0.417. The lowest BCUT2D eigenvalue weighted by Crippen LogP contribution is -2.52. The van der Waals surface area contributed by atoms with E-state index in [1.807, 2.05) is 19.9 Å². The van der Waals surface area contributed by atoms with Crippen molar-refractivity contribution in [3.05, 3.63) is 53.1 Å². The van der Waals surface area contributed by atoms with Crippen molar-refractivity contribution in [2.75, 3.05) is 45.9 Å². The van der Waals surface area contributed by atoms with Gasteiger partial charge in [0.1, 0.15) is 0 Å². The number of nitrogens with zero attached hydrogens (tertiary/aromatic N) is 2. The molecule has 0 radical (unpaired) electrons. The van der Waals surface area contributed by atoms with Crippen LogP contribution in [0.3, 0.4) is 0 Å². The number of sulfonamides is 1. The first kappa shape index (κ1) is 24.0. The Kier molecular flexibility index (Phi) is 7.08. The second-order valence-corrected chi connectivity index (χ2v) is 10.4. The van der Waals surface area contributed by atoms with Crippen LogP contribution in [-0.2, 0) is 14.8 Å². The fourth-order valence-corrected chi connectivity index (χ4v) is 5.54. The summed E-state index contributed by atoms with van der Waals surface area (Å²) in [5, 5.41) is 2.66. The smallest absolute Gasteiger partial charge is 0.251 e. The molecule has 0 spiro atoms. The van der Waals surface area contributed by atoms with Crippen molar-refractivity contribution >= 4 is 21.8 Å². The highest BCUT2D eigenvalue weighted by molar-refractivity contribution is 7.89. The van der Waals surface area contributed by atoms with Crippen LogP contribution in [0.2, 0.25) is 0 Å². The maximum absolute atomic E-state index is 13.1. The van der Waals surface area contributed by atoms with Crippen LogP contribution < -0.4 is 14.8 Å². The van der Waals surface area contributed by atoms with Gasteiger partial charge in [-0.25, -0.2) is 8.42 Å². The molecule has 1 saturated heterocycles. The molecule has 34 heavy (non-hydrogen) atoms. The van der Waals surface area contributed by atoms with Crippen molar-refractivity contribution in [2.45, 2.75) is 25.2 Å².